The maximum absolute atomic E-state index is 13.0. The van der Waals surface area contributed by atoms with Crippen LogP contribution in [0.4, 0.5) is 4.39 Å². The zero-order chi connectivity index (χ0) is 13.7. The number of rotatable bonds is 4. The third kappa shape index (κ3) is 3.77. The van der Waals surface area contributed by atoms with E-state index in [4.69, 9.17) is 5.73 Å². The third-order valence-corrected chi connectivity index (χ3v) is 4.31. The molecule has 1 saturated heterocycles. The Morgan fingerprint density at radius 3 is 2.21 bits per heavy atom. The predicted molar refractivity (Wildman–Crippen MR) is 77.6 cm³/mol. The topological polar surface area (TPSA) is 29.3 Å². The zero-order valence-corrected chi connectivity index (χ0v) is 11.9. The van der Waals surface area contributed by atoms with Gasteiger partial charge in [0.15, 0.2) is 0 Å². The number of benzene rings is 1. The van der Waals surface area contributed by atoms with E-state index in [1.807, 2.05) is 12.1 Å². The van der Waals surface area contributed by atoms with Crippen LogP contribution in [0.15, 0.2) is 24.3 Å². The molecule has 0 aromatic heterocycles. The molecule has 2 nitrogen and oxygen atoms in total. The van der Waals surface area contributed by atoms with E-state index < -0.39 is 0 Å². The van der Waals surface area contributed by atoms with Crippen LogP contribution in [-0.4, -0.2) is 30.1 Å². The minimum absolute atomic E-state index is 0.0117. The first-order chi connectivity index (χ1) is 9.14. The fraction of sp³-hybridized carbons (Fsp3) is 0.625. The highest BCUT2D eigenvalue weighted by Crippen LogP contribution is 2.24. The highest BCUT2D eigenvalue weighted by atomic mass is 19.1. The van der Waals surface area contributed by atoms with Gasteiger partial charge in [-0.25, -0.2) is 4.39 Å². The molecular formula is C16H25FN2. The van der Waals surface area contributed by atoms with E-state index in [-0.39, 0.29) is 11.4 Å². The van der Waals surface area contributed by atoms with Gasteiger partial charge in [0.1, 0.15) is 5.82 Å². The Hall–Kier alpha value is -0.930. The lowest BCUT2D eigenvalue weighted by Crippen LogP contribution is -2.53. The maximum Gasteiger partial charge on any atom is 0.123 e. The Morgan fingerprint density at radius 1 is 1.11 bits per heavy atom. The van der Waals surface area contributed by atoms with Crippen molar-refractivity contribution in [2.24, 2.45) is 5.73 Å². The van der Waals surface area contributed by atoms with Gasteiger partial charge in [-0.3, -0.25) is 4.90 Å². The Kier molecular flexibility index (Phi) is 4.94. The molecule has 0 radical (unpaired) electrons. The quantitative estimate of drug-likeness (QED) is 0.906. The second-order valence-corrected chi connectivity index (χ2v) is 5.91. The average molecular weight is 264 g/mol. The second kappa shape index (κ2) is 6.49. The number of halogens is 1. The highest BCUT2D eigenvalue weighted by Gasteiger charge is 2.30. The van der Waals surface area contributed by atoms with Crippen molar-refractivity contribution >= 4 is 0 Å². The lowest BCUT2D eigenvalue weighted by atomic mass is 9.90. The minimum Gasteiger partial charge on any atom is -0.329 e. The normalized spacial score (nSPS) is 20.8. The highest BCUT2D eigenvalue weighted by molar-refractivity contribution is 5.19. The molecule has 106 valence electrons. The SMILES string of the molecule is CC(CN)(Cc1ccc(F)cc1)N1CCCCCC1. The van der Waals surface area contributed by atoms with Crippen molar-refractivity contribution in [2.75, 3.05) is 19.6 Å². The van der Waals surface area contributed by atoms with Gasteiger partial charge in [-0.1, -0.05) is 25.0 Å². The van der Waals surface area contributed by atoms with Crippen molar-refractivity contribution in [3.05, 3.63) is 35.6 Å². The van der Waals surface area contributed by atoms with E-state index in [1.165, 1.54) is 43.4 Å². The molecule has 1 aliphatic rings. The van der Waals surface area contributed by atoms with Crippen molar-refractivity contribution in [1.29, 1.82) is 0 Å². The van der Waals surface area contributed by atoms with Crippen LogP contribution in [0.25, 0.3) is 0 Å². The summed E-state index contributed by atoms with van der Waals surface area (Å²) >= 11 is 0. The summed E-state index contributed by atoms with van der Waals surface area (Å²) in [7, 11) is 0. The summed E-state index contributed by atoms with van der Waals surface area (Å²) < 4.78 is 13.0. The van der Waals surface area contributed by atoms with Crippen LogP contribution in [0.5, 0.6) is 0 Å². The van der Waals surface area contributed by atoms with Crippen LogP contribution in [-0.2, 0) is 6.42 Å². The van der Waals surface area contributed by atoms with Crippen molar-refractivity contribution in [3.63, 3.8) is 0 Å². The smallest absolute Gasteiger partial charge is 0.123 e. The summed E-state index contributed by atoms with van der Waals surface area (Å²) in [5, 5.41) is 0. The van der Waals surface area contributed by atoms with Crippen LogP contribution in [0.3, 0.4) is 0 Å². The van der Waals surface area contributed by atoms with Gasteiger partial charge in [0, 0.05) is 12.1 Å². The van der Waals surface area contributed by atoms with Crippen molar-refractivity contribution in [1.82, 2.24) is 4.90 Å². The fourth-order valence-corrected chi connectivity index (χ4v) is 2.97. The van der Waals surface area contributed by atoms with Gasteiger partial charge in [0.2, 0.25) is 0 Å². The average Bonchev–Trinajstić information content (AvgIpc) is 2.71. The molecule has 0 aliphatic carbocycles. The molecule has 1 aliphatic heterocycles. The molecule has 1 fully saturated rings. The summed E-state index contributed by atoms with van der Waals surface area (Å²) in [5.41, 5.74) is 7.20. The van der Waals surface area contributed by atoms with Crippen molar-refractivity contribution < 1.29 is 4.39 Å². The van der Waals surface area contributed by atoms with Crippen LogP contribution in [0.2, 0.25) is 0 Å². The molecular weight excluding hydrogens is 239 g/mol. The second-order valence-electron chi connectivity index (χ2n) is 5.91. The molecule has 0 spiro atoms. The van der Waals surface area contributed by atoms with Gasteiger partial charge in [0.05, 0.1) is 0 Å². The fourth-order valence-electron chi connectivity index (χ4n) is 2.97. The van der Waals surface area contributed by atoms with Crippen LogP contribution < -0.4 is 5.73 Å². The first kappa shape index (κ1) is 14.5. The molecule has 0 amide bonds. The summed E-state index contributed by atoms with van der Waals surface area (Å²) in [6, 6.07) is 6.82. The molecule has 0 bridgehead atoms. The van der Waals surface area contributed by atoms with E-state index in [0.717, 1.165) is 19.5 Å². The van der Waals surface area contributed by atoms with Gasteiger partial charge < -0.3 is 5.73 Å². The van der Waals surface area contributed by atoms with E-state index in [9.17, 15) is 4.39 Å². The number of nitrogens with zero attached hydrogens (tertiary/aromatic N) is 1. The lowest BCUT2D eigenvalue weighted by molar-refractivity contribution is 0.114. The van der Waals surface area contributed by atoms with Crippen molar-refractivity contribution in [3.8, 4) is 0 Å². The monoisotopic (exact) mass is 264 g/mol. The van der Waals surface area contributed by atoms with Crippen LogP contribution in [0, 0.1) is 5.82 Å². The van der Waals surface area contributed by atoms with Gasteiger partial charge in [0.25, 0.3) is 0 Å². The van der Waals surface area contributed by atoms with Gasteiger partial charge in [-0.05, 0) is 57.0 Å². The largest absolute Gasteiger partial charge is 0.329 e. The van der Waals surface area contributed by atoms with E-state index >= 15 is 0 Å². The first-order valence-corrected chi connectivity index (χ1v) is 7.34. The molecule has 0 saturated carbocycles. The van der Waals surface area contributed by atoms with Gasteiger partial charge in [-0.15, -0.1) is 0 Å². The van der Waals surface area contributed by atoms with Crippen molar-refractivity contribution in [2.45, 2.75) is 44.6 Å². The maximum atomic E-state index is 13.0. The van der Waals surface area contributed by atoms with Gasteiger partial charge in [-0.2, -0.15) is 0 Å². The molecule has 3 heteroatoms. The third-order valence-electron chi connectivity index (χ3n) is 4.31. The zero-order valence-electron chi connectivity index (χ0n) is 11.9. The Morgan fingerprint density at radius 2 is 1.68 bits per heavy atom. The molecule has 2 N–H and O–H groups in total. The van der Waals surface area contributed by atoms with Crippen LogP contribution in [0.1, 0.15) is 38.2 Å². The molecule has 2 rings (SSSR count). The summed E-state index contributed by atoms with van der Waals surface area (Å²) in [5.74, 6) is -0.173. The Balaban J connectivity index is 2.09. The number of hydrogen-bond acceptors (Lipinski definition) is 2. The van der Waals surface area contributed by atoms with Gasteiger partial charge >= 0.3 is 0 Å². The summed E-state index contributed by atoms with van der Waals surface area (Å²) in [6.45, 7) is 5.15. The molecule has 1 atom stereocenters. The Labute approximate surface area is 115 Å². The van der Waals surface area contributed by atoms with E-state index in [0.29, 0.717) is 6.54 Å². The minimum atomic E-state index is -0.173. The molecule has 1 aromatic carbocycles. The first-order valence-electron chi connectivity index (χ1n) is 7.34. The van der Waals surface area contributed by atoms with E-state index in [1.54, 1.807) is 0 Å². The molecule has 19 heavy (non-hydrogen) atoms. The predicted octanol–water partition coefficient (Wildman–Crippen LogP) is 2.96. The Bertz CT molecular complexity index is 382. The molecule has 1 unspecified atom stereocenters. The molecule has 1 aromatic rings. The summed E-state index contributed by atoms with van der Waals surface area (Å²) in [6.07, 6.45) is 6.07. The number of likely N-dealkylation sites (tertiary alicyclic amines) is 1. The summed E-state index contributed by atoms with van der Waals surface area (Å²) in [4.78, 5) is 2.53. The van der Waals surface area contributed by atoms with Crippen LogP contribution >= 0.6 is 0 Å². The molecule has 1 heterocycles. The number of hydrogen-bond donors (Lipinski definition) is 1. The lowest BCUT2D eigenvalue weighted by Gasteiger charge is -2.40. The van der Waals surface area contributed by atoms with E-state index in [2.05, 4.69) is 11.8 Å². The standard InChI is InChI=1S/C16H25FN2/c1-16(13-18,19-10-4-2-3-5-11-19)12-14-6-8-15(17)9-7-14/h6-9H,2-5,10-13,18H2,1H3. The number of nitrogens with two attached hydrogens (primary N) is 1.